The van der Waals surface area contributed by atoms with Crippen LogP contribution in [0.3, 0.4) is 0 Å². The summed E-state index contributed by atoms with van der Waals surface area (Å²) in [5, 5.41) is 5.26. The molecule has 0 saturated heterocycles. The number of hydrogen-bond donors (Lipinski definition) is 0. The lowest BCUT2D eigenvalue weighted by atomic mass is 9.91. The van der Waals surface area contributed by atoms with E-state index in [0.717, 1.165) is 17.1 Å². The average molecular weight is 914 g/mol. The number of rotatable bonds is 9. The normalized spacial score (nSPS) is 11.5. The van der Waals surface area contributed by atoms with Gasteiger partial charge in [0.1, 0.15) is 0 Å². The van der Waals surface area contributed by atoms with Gasteiger partial charge in [0.2, 0.25) is 0 Å². The molecule has 0 radical (unpaired) electrons. The van der Waals surface area contributed by atoms with Crippen LogP contribution < -0.4 is 4.90 Å². The molecule has 0 unspecified atom stereocenters. The van der Waals surface area contributed by atoms with E-state index in [0.29, 0.717) is 0 Å². The summed E-state index contributed by atoms with van der Waals surface area (Å²) < 4.78 is 5.29. The molecule has 0 bridgehead atoms. The van der Waals surface area contributed by atoms with Crippen LogP contribution in [0.2, 0.25) is 0 Å². The molecule has 2 heterocycles. The Hall–Kier alpha value is -8.34. The van der Waals surface area contributed by atoms with Gasteiger partial charge in [-0.3, -0.25) is 0 Å². The van der Waals surface area contributed by atoms with Crippen LogP contribution in [0, 0.1) is 0 Å². The maximum atomic E-state index is 2.41. The topological polar surface area (TPSA) is 3.24 Å². The minimum atomic E-state index is 1.10. The van der Waals surface area contributed by atoms with Gasteiger partial charge in [-0.25, -0.2) is 0 Å². The Bertz CT molecular complexity index is 3750. The van der Waals surface area contributed by atoms with Crippen LogP contribution in [-0.4, -0.2) is 0 Å². The average Bonchev–Trinajstić information content (AvgIpc) is 4.01. The Morgan fingerprint density at radius 2 is 0.522 bits per heavy atom. The summed E-state index contributed by atoms with van der Waals surface area (Å²) in [6.07, 6.45) is 0. The predicted octanol–water partition coefficient (Wildman–Crippen LogP) is 19.9. The molecule has 13 rings (SSSR count). The quantitative estimate of drug-likeness (QED) is 0.139. The second-order valence-corrected chi connectivity index (χ2v) is 19.7. The highest BCUT2D eigenvalue weighted by Crippen LogP contribution is 2.45. The number of nitrogens with zero attached hydrogens (tertiary/aromatic N) is 1. The maximum absolute atomic E-state index is 2.41. The van der Waals surface area contributed by atoms with Gasteiger partial charge in [0, 0.05) is 57.4 Å². The molecule has 0 N–H and O–H groups in total. The van der Waals surface area contributed by atoms with E-state index >= 15 is 0 Å². The number of fused-ring (bicyclic) bond motifs is 6. The second-order valence-electron chi connectivity index (χ2n) is 17.6. The minimum Gasteiger partial charge on any atom is -0.311 e. The second kappa shape index (κ2) is 17.4. The predicted molar refractivity (Wildman–Crippen MR) is 300 cm³/mol. The van der Waals surface area contributed by atoms with Crippen LogP contribution in [-0.2, 0) is 0 Å². The Kier molecular flexibility index (Phi) is 10.3. The van der Waals surface area contributed by atoms with Gasteiger partial charge >= 0.3 is 0 Å². The smallest absolute Gasteiger partial charge is 0.0462 e. The molecule has 324 valence electrons. The molecule has 0 aliphatic rings. The van der Waals surface area contributed by atoms with Crippen molar-refractivity contribution in [2.45, 2.75) is 0 Å². The highest BCUT2D eigenvalue weighted by atomic mass is 32.1. The molecule has 0 aliphatic carbocycles. The van der Waals surface area contributed by atoms with Crippen molar-refractivity contribution in [3.63, 3.8) is 0 Å². The summed E-state index contributed by atoms with van der Waals surface area (Å²) in [7, 11) is 0. The fourth-order valence-corrected chi connectivity index (χ4v) is 12.5. The molecule has 0 spiro atoms. The fraction of sp³-hybridized carbons (Fsp3) is 0. The molecular weight excluding hydrogens is 871 g/mol. The van der Waals surface area contributed by atoms with Gasteiger partial charge in [-0.15, -0.1) is 22.7 Å². The zero-order chi connectivity index (χ0) is 45.7. The highest BCUT2D eigenvalue weighted by Gasteiger charge is 2.17. The lowest BCUT2D eigenvalue weighted by molar-refractivity contribution is 1.28. The first-order valence-corrected chi connectivity index (χ1v) is 25.1. The molecular formula is C66H43NS2. The summed E-state index contributed by atoms with van der Waals surface area (Å²) in [5.74, 6) is 0. The number of hydrogen-bond acceptors (Lipinski definition) is 3. The Morgan fingerprint density at radius 3 is 0.928 bits per heavy atom. The Morgan fingerprint density at radius 1 is 0.217 bits per heavy atom. The molecule has 11 aromatic carbocycles. The minimum absolute atomic E-state index is 1.10. The van der Waals surface area contributed by atoms with E-state index in [4.69, 9.17) is 0 Å². The first kappa shape index (κ1) is 40.9. The summed E-state index contributed by atoms with van der Waals surface area (Å²) in [6, 6.07) is 95.5. The van der Waals surface area contributed by atoms with Crippen LogP contribution in [0.1, 0.15) is 0 Å². The molecule has 0 saturated carbocycles. The van der Waals surface area contributed by atoms with Crippen LogP contribution in [0.5, 0.6) is 0 Å². The van der Waals surface area contributed by atoms with Crippen molar-refractivity contribution in [2.75, 3.05) is 4.90 Å². The largest absolute Gasteiger partial charge is 0.311 e. The van der Waals surface area contributed by atoms with Crippen LogP contribution in [0.15, 0.2) is 261 Å². The zero-order valence-corrected chi connectivity index (χ0v) is 39.2. The molecule has 0 fully saturated rings. The van der Waals surface area contributed by atoms with E-state index in [1.165, 1.54) is 107 Å². The number of anilines is 3. The Labute approximate surface area is 410 Å². The van der Waals surface area contributed by atoms with Crippen LogP contribution in [0.25, 0.3) is 107 Å². The van der Waals surface area contributed by atoms with Crippen molar-refractivity contribution < 1.29 is 0 Å². The van der Waals surface area contributed by atoms with Gasteiger partial charge in [-0.05, 0) is 133 Å². The molecule has 2 aromatic heterocycles. The van der Waals surface area contributed by atoms with Crippen molar-refractivity contribution in [1.29, 1.82) is 0 Å². The van der Waals surface area contributed by atoms with Crippen molar-refractivity contribution in [2.24, 2.45) is 0 Å². The van der Waals surface area contributed by atoms with Gasteiger partial charge in [-0.2, -0.15) is 0 Å². The summed E-state index contributed by atoms with van der Waals surface area (Å²) in [6.45, 7) is 0. The molecule has 0 atom stereocenters. The van der Waals surface area contributed by atoms with E-state index in [1.807, 2.05) is 22.7 Å². The molecule has 13 aromatic rings. The van der Waals surface area contributed by atoms with Crippen molar-refractivity contribution in [1.82, 2.24) is 0 Å². The number of thiophene rings is 2. The monoisotopic (exact) mass is 913 g/mol. The standard InChI is InChI=1S/C66H43NS2/c1-3-13-44(14-4-1)47-29-35-54(36-30-47)67(55-37-31-48(32-38-55)45-15-5-2-6-16-45)56-39-33-49(34-40-56)46-25-27-50(28-26-46)51-41-52(57-19-11-21-61-59-17-7-9-23-63(59)68-65(57)61)43-53(42-51)58-20-12-22-62-60-18-8-10-24-64(60)69-66(58)62/h1-43H. The molecule has 0 aliphatic heterocycles. The third kappa shape index (κ3) is 7.59. The first-order chi connectivity index (χ1) is 34.2. The molecule has 3 heteroatoms. The van der Waals surface area contributed by atoms with E-state index in [1.54, 1.807) is 0 Å². The van der Waals surface area contributed by atoms with Gasteiger partial charge in [0.25, 0.3) is 0 Å². The van der Waals surface area contributed by atoms with E-state index in [9.17, 15) is 0 Å². The maximum Gasteiger partial charge on any atom is 0.0462 e. The van der Waals surface area contributed by atoms with Crippen LogP contribution in [0.4, 0.5) is 17.1 Å². The Balaban J connectivity index is 0.869. The van der Waals surface area contributed by atoms with E-state index in [2.05, 4.69) is 266 Å². The van der Waals surface area contributed by atoms with E-state index < -0.39 is 0 Å². The van der Waals surface area contributed by atoms with E-state index in [-0.39, 0.29) is 0 Å². The van der Waals surface area contributed by atoms with Crippen molar-refractivity contribution in [3.8, 4) is 66.8 Å². The summed E-state index contributed by atoms with van der Waals surface area (Å²) in [4.78, 5) is 2.35. The summed E-state index contributed by atoms with van der Waals surface area (Å²) in [5.41, 5.74) is 17.9. The van der Waals surface area contributed by atoms with Crippen molar-refractivity contribution >= 4 is 80.1 Å². The molecule has 1 nitrogen and oxygen atoms in total. The zero-order valence-electron chi connectivity index (χ0n) is 37.6. The van der Waals surface area contributed by atoms with Gasteiger partial charge in [0.05, 0.1) is 0 Å². The molecule has 69 heavy (non-hydrogen) atoms. The third-order valence-corrected chi connectivity index (χ3v) is 15.9. The fourth-order valence-electron chi connectivity index (χ4n) is 10.0. The third-order valence-electron chi connectivity index (χ3n) is 13.5. The SMILES string of the molecule is c1ccc(-c2ccc(N(c3ccc(-c4ccccc4)cc3)c3ccc(-c4ccc(-c5cc(-c6cccc7c6sc6ccccc67)cc(-c6cccc7c6sc6ccccc67)c5)cc4)cc3)cc2)cc1. The van der Waals surface area contributed by atoms with Gasteiger partial charge in [-0.1, -0.05) is 194 Å². The lowest BCUT2D eigenvalue weighted by Gasteiger charge is -2.26. The van der Waals surface area contributed by atoms with Crippen molar-refractivity contribution in [3.05, 3.63) is 261 Å². The number of benzene rings is 11. The van der Waals surface area contributed by atoms with Gasteiger partial charge in [0.15, 0.2) is 0 Å². The van der Waals surface area contributed by atoms with Crippen LogP contribution >= 0.6 is 22.7 Å². The molecule has 0 amide bonds. The van der Waals surface area contributed by atoms with Gasteiger partial charge < -0.3 is 4.90 Å². The lowest BCUT2D eigenvalue weighted by Crippen LogP contribution is -2.09. The highest BCUT2D eigenvalue weighted by molar-refractivity contribution is 7.26. The summed E-state index contributed by atoms with van der Waals surface area (Å²) >= 11 is 3.78. The first-order valence-electron chi connectivity index (χ1n) is 23.5.